The average molecular weight is 581 g/mol. The molecule has 0 bridgehead atoms. The quantitative estimate of drug-likeness (QED) is 0.307. The Morgan fingerprint density at radius 2 is 1.74 bits per heavy atom. The molecule has 3 heterocycles. The summed E-state index contributed by atoms with van der Waals surface area (Å²) in [5, 5.41) is 14.9. The SMILES string of the molecule is CN1CCC[C@H]1COc1nc(C(=O)Nc2cccc3ccccc23)cc(N2CCN(C(=O)O)C(Cc3ccccc3)C2)n1. The molecule has 2 aliphatic rings. The van der Waals surface area contributed by atoms with Crippen LogP contribution in [-0.2, 0) is 6.42 Å². The van der Waals surface area contributed by atoms with Crippen LogP contribution in [-0.4, -0.2) is 88.8 Å². The molecule has 43 heavy (non-hydrogen) atoms. The van der Waals surface area contributed by atoms with Crippen molar-refractivity contribution < 1.29 is 19.4 Å². The number of rotatable bonds is 8. The molecular weight excluding hydrogens is 544 g/mol. The molecule has 10 nitrogen and oxygen atoms in total. The van der Waals surface area contributed by atoms with Gasteiger partial charge in [-0.2, -0.15) is 9.97 Å². The van der Waals surface area contributed by atoms with Gasteiger partial charge < -0.3 is 29.9 Å². The molecule has 6 rings (SSSR count). The second kappa shape index (κ2) is 12.7. The molecule has 0 saturated carbocycles. The van der Waals surface area contributed by atoms with E-state index < -0.39 is 6.09 Å². The van der Waals surface area contributed by atoms with Gasteiger partial charge in [0.25, 0.3) is 5.91 Å². The van der Waals surface area contributed by atoms with Gasteiger partial charge in [-0.05, 0) is 49.9 Å². The summed E-state index contributed by atoms with van der Waals surface area (Å²) < 4.78 is 6.11. The lowest BCUT2D eigenvalue weighted by molar-refractivity contribution is 0.102. The summed E-state index contributed by atoms with van der Waals surface area (Å²) in [5.41, 5.74) is 1.94. The average Bonchev–Trinajstić information content (AvgIpc) is 3.44. The van der Waals surface area contributed by atoms with Crippen molar-refractivity contribution in [2.24, 2.45) is 0 Å². The van der Waals surface area contributed by atoms with Crippen LogP contribution in [0.3, 0.4) is 0 Å². The highest BCUT2D eigenvalue weighted by Gasteiger charge is 2.32. The van der Waals surface area contributed by atoms with Crippen molar-refractivity contribution in [1.29, 1.82) is 0 Å². The maximum Gasteiger partial charge on any atom is 0.407 e. The molecule has 10 heteroatoms. The molecule has 1 unspecified atom stereocenters. The standard InChI is InChI=1S/C33H36N6O4/c1-37-16-8-13-25(37)22-43-32-35-29(31(40)34-28-15-7-12-24-11-5-6-14-27(24)28)20-30(36-32)38-17-18-39(33(41)42)26(21-38)19-23-9-3-2-4-10-23/h2-7,9-12,14-15,20,25-26H,8,13,16-19,21-22H2,1H3,(H,34,40)(H,41,42)/t25-,26?/m0/s1. The highest BCUT2D eigenvalue weighted by Crippen LogP contribution is 2.26. The predicted molar refractivity (Wildman–Crippen MR) is 166 cm³/mol. The Morgan fingerprint density at radius 3 is 2.53 bits per heavy atom. The second-order valence-corrected chi connectivity index (χ2v) is 11.2. The van der Waals surface area contributed by atoms with Crippen LogP contribution in [0.15, 0.2) is 78.9 Å². The van der Waals surface area contributed by atoms with Crippen molar-refractivity contribution >= 4 is 34.3 Å². The summed E-state index contributed by atoms with van der Waals surface area (Å²) in [7, 11) is 2.08. The van der Waals surface area contributed by atoms with E-state index in [1.54, 1.807) is 6.07 Å². The molecule has 2 fully saturated rings. The van der Waals surface area contributed by atoms with E-state index in [1.165, 1.54) is 4.90 Å². The molecule has 2 saturated heterocycles. The number of likely N-dealkylation sites (N-methyl/N-ethyl adjacent to an activating group) is 1. The third-order valence-corrected chi connectivity index (χ3v) is 8.41. The van der Waals surface area contributed by atoms with Gasteiger partial charge in [-0.25, -0.2) is 4.79 Å². The number of aromatic nitrogens is 2. The van der Waals surface area contributed by atoms with Crippen molar-refractivity contribution in [1.82, 2.24) is 19.8 Å². The molecule has 2 amide bonds. The summed E-state index contributed by atoms with van der Waals surface area (Å²) >= 11 is 0. The van der Waals surface area contributed by atoms with Crippen molar-refractivity contribution in [3.05, 3.63) is 90.1 Å². The predicted octanol–water partition coefficient (Wildman–Crippen LogP) is 4.77. The summed E-state index contributed by atoms with van der Waals surface area (Å²) in [5.74, 6) is 0.170. The van der Waals surface area contributed by atoms with Gasteiger partial charge in [-0.1, -0.05) is 66.7 Å². The Hall–Kier alpha value is -4.70. The van der Waals surface area contributed by atoms with Gasteiger partial charge >= 0.3 is 12.1 Å². The number of nitrogens with one attached hydrogen (secondary N) is 1. The first-order valence-corrected chi connectivity index (χ1v) is 14.7. The van der Waals surface area contributed by atoms with Crippen LogP contribution in [0.2, 0.25) is 0 Å². The van der Waals surface area contributed by atoms with Crippen molar-refractivity contribution in [2.45, 2.75) is 31.3 Å². The van der Waals surface area contributed by atoms with E-state index in [4.69, 9.17) is 9.72 Å². The molecule has 0 aliphatic carbocycles. The van der Waals surface area contributed by atoms with E-state index in [0.717, 1.165) is 35.7 Å². The number of anilines is 2. The summed E-state index contributed by atoms with van der Waals surface area (Å²) in [6, 6.07) is 25.3. The molecule has 2 atom stereocenters. The van der Waals surface area contributed by atoms with E-state index in [1.807, 2.05) is 77.7 Å². The fourth-order valence-corrected chi connectivity index (χ4v) is 6.01. The Labute approximate surface area is 250 Å². The minimum atomic E-state index is -0.942. The number of piperazine rings is 1. The Balaban J connectivity index is 1.29. The Bertz CT molecular complexity index is 1590. The maximum atomic E-state index is 13.6. The van der Waals surface area contributed by atoms with Crippen molar-refractivity contribution in [2.75, 3.05) is 50.1 Å². The molecule has 222 valence electrons. The molecule has 2 N–H and O–H groups in total. The maximum absolute atomic E-state index is 13.6. The van der Waals surface area contributed by atoms with Crippen molar-refractivity contribution in [3.63, 3.8) is 0 Å². The topological polar surface area (TPSA) is 111 Å². The van der Waals surface area contributed by atoms with E-state index in [0.29, 0.717) is 44.2 Å². The highest BCUT2D eigenvalue weighted by atomic mass is 16.5. The van der Waals surface area contributed by atoms with E-state index in [-0.39, 0.29) is 29.7 Å². The largest absolute Gasteiger partial charge is 0.465 e. The van der Waals surface area contributed by atoms with Crippen LogP contribution in [0.1, 0.15) is 28.9 Å². The molecule has 0 spiro atoms. The number of hydrogen-bond donors (Lipinski definition) is 2. The van der Waals surface area contributed by atoms with Gasteiger partial charge in [0, 0.05) is 42.8 Å². The van der Waals surface area contributed by atoms with Gasteiger partial charge in [0.2, 0.25) is 0 Å². The van der Waals surface area contributed by atoms with Crippen molar-refractivity contribution in [3.8, 4) is 6.01 Å². The first-order valence-electron chi connectivity index (χ1n) is 14.7. The number of carboxylic acid groups (broad SMARTS) is 1. The lowest BCUT2D eigenvalue weighted by atomic mass is 10.0. The molecule has 4 aromatic rings. The first kappa shape index (κ1) is 28.4. The number of fused-ring (bicyclic) bond motifs is 1. The lowest BCUT2D eigenvalue weighted by Gasteiger charge is -2.40. The lowest BCUT2D eigenvalue weighted by Crippen LogP contribution is -2.56. The van der Waals surface area contributed by atoms with Gasteiger partial charge in [0.1, 0.15) is 18.1 Å². The fraction of sp³-hybridized carbons (Fsp3) is 0.333. The van der Waals surface area contributed by atoms with E-state index in [2.05, 4.69) is 22.2 Å². The normalized spacial score (nSPS) is 19.0. The number of nitrogens with zero attached hydrogens (tertiary/aromatic N) is 5. The number of likely N-dealkylation sites (tertiary alicyclic amines) is 1. The van der Waals surface area contributed by atoms with Crippen LogP contribution < -0.4 is 15.0 Å². The smallest absolute Gasteiger partial charge is 0.407 e. The van der Waals surface area contributed by atoms with E-state index >= 15 is 0 Å². The zero-order valence-electron chi connectivity index (χ0n) is 24.2. The molecule has 3 aromatic carbocycles. The molecule has 0 radical (unpaired) electrons. The van der Waals surface area contributed by atoms with Gasteiger partial charge in [0.05, 0.1) is 6.04 Å². The summed E-state index contributed by atoms with van der Waals surface area (Å²) in [6.45, 7) is 2.62. The van der Waals surface area contributed by atoms with Crippen LogP contribution in [0.4, 0.5) is 16.3 Å². The highest BCUT2D eigenvalue weighted by molar-refractivity contribution is 6.08. The zero-order valence-corrected chi connectivity index (χ0v) is 24.2. The molecule has 2 aliphatic heterocycles. The minimum Gasteiger partial charge on any atom is -0.465 e. The summed E-state index contributed by atoms with van der Waals surface area (Å²) in [6.07, 6.45) is 1.77. The van der Waals surface area contributed by atoms with Crippen LogP contribution in [0, 0.1) is 0 Å². The third-order valence-electron chi connectivity index (χ3n) is 8.41. The number of carbonyl (C=O) groups excluding carboxylic acids is 1. The number of hydrogen-bond acceptors (Lipinski definition) is 7. The van der Waals surface area contributed by atoms with Crippen LogP contribution in [0.25, 0.3) is 10.8 Å². The number of ether oxygens (including phenoxy) is 1. The van der Waals surface area contributed by atoms with Gasteiger partial charge in [-0.15, -0.1) is 0 Å². The van der Waals surface area contributed by atoms with E-state index in [9.17, 15) is 14.7 Å². The number of carbonyl (C=O) groups is 2. The molecule has 1 aromatic heterocycles. The van der Waals surface area contributed by atoms with Crippen LogP contribution in [0.5, 0.6) is 6.01 Å². The first-order chi connectivity index (χ1) is 20.9. The van der Waals surface area contributed by atoms with Crippen LogP contribution >= 0.6 is 0 Å². The number of amides is 2. The Kier molecular flexibility index (Phi) is 8.37. The number of benzene rings is 3. The Morgan fingerprint density at radius 1 is 0.953 bits per heavy atom. The van der Waals surface area contributed by atoms with Gasteiger partial charge in [-0.3, -0.25) is 4.79 Å². The fourth-order valence-electron chi connectivity index (χ4n) is 6.01. The third kappa shape index (κ3) is 6.54. The second-order valence-electron chi connectivity index (χ2n) is 11.2. The monoisotopic (exact) mass is 580 g/mol. The summed E-state index contributed by atoms with van der Waals surface area (Å²) in [4.78, 5) is 40.8. The van der Waals surface area contributed by atoms with Gasteiger partial charge in [0.15, 0.2) is 0 Å². The molecular formula is C33H36N6O4. The minimum absolute atomic E-state index is 0.140. The zero-order chi connectivity index (χ0) is 29.8.